The van der Waals surface area contributed by atoms with Gasteiger partial charge in [-0.3, -0.25) is 19.1 Å². The van der Waals surface area contributed by atoms with Gasteiger partial charge in [0.25, 0.3) is 5.56 Å². The zero-order valence-corrected chi connectivity index (χ0v) is 19.9. The highest BCUT2D eigenvalue weighted by molar-refractivity contribution is 5.94. The zero-order chi connectivity index (χ0) is 25.7. The number of carboxylic acids is 1. The van der Waals surface area contributed by atoms with E-state index in [9.17, 15) is 24.6 Å². The average Bonchev–Trinajstić information content (AvgIpc) is 2.88. The fourth-order valence-corrected chi connectivity index (χ4v) is 4.54. The summed E-state index contributed by atoms with van der Waals surface area (Å²) in [5.74, 6) is -1.95. The van der Waals surface area contributed by atoms with Gasteiger partial charge < -0.3 is 21.3 Å². The Labute approximate surface area is 208 Å². The van der Waals surface area contributed by atoms with E-state index in [1.54, 1.807) is 36.4 Å². The number of nitrogens with zero attached hydrogens (tertiary/aromatic N) is 2. The van der Waals surface area contributed by atoms with E-state index < -0.39 is 29.1 Å². The summed E-state index contributed by atoms with van der Waals surface area (Å²) in [6, 6.07) is 15.3. The molecule has 1 atom stereocenters. The van der Waals surface area contributed by atoms with Gasteiger partial charge in [-0.1, -0.05) is 36.8 Å². The standard InChI is InChI=1S/C27H30N4O5/c28-25(33)19-9-10-22(20(15-19)17-30-12-5-2-6-13-30)31-14-11-21(24(26(31)34)27(35)36)29-16-23(32)18-7-3-1-4-8-18/h1,3-4,7-11,14-15,23,29,32H,2,5-6,12-13,16-17H2,(H2,28,33)(H,35,36)/t23-/m0/s1. The van der Waals surface area contributed by atoms with E-state index >= 15 is 0 Å². The van der Waals surface area contributed by atoms with Crippen molar-refractivity contribution in [1.82, 2.24) is 9.47 Å². The molecule has 0 spiro atoms. The molecule has 0 unspecified atom stereocenters. The Balaban J connectivity index is 1.68. The van der Waals surface area contributed by atoms with Gasteiger partial charge in [0, 0.05) is 24.8 Å². The third-order valence-electron chi connectivity index (χ3n) is 6.44. The number of amides is 1. The number of aromatic carboxylic acids is 1. The minimum Gasteiger partial charge on any atom is -0.477 e. The van der Waals surface area contributed by atoms with Crippen molar-refractivity contribution in [1.29, 1.82) is 0 Å². The Morgan fingerprint density at radius 3 is 2.42 bits per heavy atom. The molecular weight excluding hydrogens is 460 g/mol. The molecule has 1 amide bonds. The van der Waals surface area contributed by atoms with Gasteiger partial charge in [0.15, 0.2) is 0 Å². The Morgan fingerprint density at radius 2 is 1.75 bits per heavy atom. The summed E-state index contributed by atoms with van der Waals surface area (Å²) < 4.78 is 1.28. The minimum absolute atomic E-state index is 0.0290. The molecule has 9 heteroatoms. The van der Waals surface area contributed by atoms with Crippen LogP contribution in [0, 0.1) is 0 Å². The van der Waals surface area contributed by atoms with Crippen molar-refractivity contribution in [3.63, 3.8) is 0 Å². The number of benzene rings is 2. The number of anilines is 1. The number of hydrogen-bond acceptors (Lipinski definition) is 6. The fraction of sp³-hybridized carbons (Fsp3) is 0.296. The van der Waals surface area contributed by atoms with Crippen LogP contribution in [0.1, 0.15) is 57.2 Å². The molecule has 9 nitrogen and oxygen atoms in total. The quantitative estimate of drug-likeness (QED) is 0.362. The first-order chi connectivity index (χ1) is 17.3. The second-order valence-corrected chi connectivity index (χ2v) is 8.94. The van der Waals surface area contributed by atoms with Crippen LogP contribution in [0.25, 0.3) is 5.69 Å². The first-order valence-electron chi connectivity index (χ1n) is 12.0. The van der Waals surface area contributed by atoms with E-state index in [0.29, 0.717) is 28.9 Å². The fourth-order valence-electron chi connectivity index (χ4n) is 4.54. The normalized spacial score (nSPS) is 14.8. The number of carboxylic acid groups (broad SMARTS) is 1. The third kappa shape index (κ3) is 5.64. The smallest absolute Gasteiger partial charge is 0.343 e. The largest absolute Gasteiger partial charge is 0.477 e. The van der Waals surface area contributed by atoms with Crippen molar-refractivity contribution >= 4 is 17.6 Å². The number of aliphatic hydroxyl groups excluding tert-OH is 1. The molecule has 0 saturated carbocycles. The monoisotopic (exact) mass is 490 g/mol. The molecular formula is C27H30N4O5. The number of nitrogens with one attached hydrogen (secondary N) is 1. The maximum absolute atomic E-state index is 13.4. The molecule has 2 heterocycles. The number of hydrogen-bond donors (Lipinski definition) is 4. The molecule has 0 aliphatic carbocycles. The van der Waals surface area contributed by atoms with Gasteiger partial charge in [-0.15, -0.1) is 0 Å². The molecule has 1 fully saturated rings. The van der Waals surface area contributed by atoms with Gasteiger partial charge >= 0.3 is 5.97 Å². The Kier molecular flexibility index (Phi) is 7.82. The second kappa shape index (κ2) is 11.2. The number of pyridine rings is 1. The molecule has 1 aliphatic heterocycles. The van der Waals surface area contributed by atoms with Gasteiger partial charge in [0.2, 0.25) is 5.91 Å². The number of likely N-dealkylation sites (tertiary alicyclic amines) is 1. The molecule has 188 valence electrons. The SMILES string of the molecule is NC(=O)c1ccc(-n2ccc(NC[C@H](O)c3ccccc3)c(C(=O)O)c2=O)c(CN2CCCCC2)c1. The summed E-state index contributed by atoms with van der Waals surface area (Å²) in [6.07, 6.45) is 3.93. The molecule has 0 bridgehead atoms. The summed E-state index contributed by atoms with van der Waals surface area (Å²) >= 11 is 0. The van der Waals surface area contributed by atoms with Gasteiger partial charge in [0.1, 0.15) is 5.56 Å². The highest BCUT2D eigenvalue weighted by Gasteiger charge is 2.21. The third-order valence-corrected chi connectivity index (χ3v) is 6.44. The summed E-state index contributed by atoms with van der Waals surface area (Å²) in [5.41, 5.74) is 6.67. The van der Waals surface area contributed by atoms with Crippen LogP contribution >= 0.6 is 0 Å². The van der Waals surface area contributed by atoms with Crippen LogP contribution in [-0.2, 0) is 6.54 Å². The van der Waals surface area contributed by atoms with Crippen molar-refractivity contribution in [3.8, 4) is 5.69 Å². The number of primary amides is 1. The second-order valence-electron chi connectivity index (χ2n) is 8.94. The highest BCUT2D eigenvalue weighted by Crippen LogP contribution is 2.22. The minimum atomic E-state index is -1.38. The van der Waals surface area contributed by atoms with E-state index in [-0.39, 0.29) is 12.2 Å². The first kappa shape index (κ1) is 25.2. The number of aliphatic hydroxyl groups is 1. The Bertz CT molecular complexity index is 1300. The van der Waals surface area contributed by atoms with E-state index in [4.69, 9.17) is 5.73 Å². The van der Waals surface area contributed by atoms with Gasteiger partial charge in [-0.05, 0) is 61.3 Å². The van der Waals surface area contributed by atoms with Crippen molar-refractivity contribution in [2.24, 2.45) is 5.73 Å². The Morgan fingerprint density at radius 1 is 1.03 bits per heavy atom. The number of carbonyl (C=O) groups excluding carboxylic acids is 1. The Hall–Kier alpha value is -3.95. The molecule has 1 aliphatic rings. The van der Waals surface area contributed by atoms with Crippen molar-refractivity contribution in [2.75, 3.05) is 25.0 Å². The van der Waals surface area contributed by atoms with Crippen LogP contribution in [0.3, 0.4) is 0 Å². The first-order valence-corrected chi connectivity index (χ1v) is 12.0. The van der Waals surface area contributed by atoms with Crippen LogP contribution in [0.4, 0.5) is 5.69 Å². The lowest BCUT2D eigenvalue weighted by Crippen LogP contribution is -2.31. The summed E-state index contributed by atoms with van der Waals surface area (Å²) in [7, 11) is 0. The molecule has 36 heavy (non-hydrogen) atoms. The van der Waals surface area contributed by atoms with Crippen LogP contribution in [-0.4, -0.2) is 51.2 Å². The molecule has 4 rings (SSSR count). The van der Waals surface area contributed by atoms with E-state index in [1.807, 2.05) is 6.07 Å². The number of rotatable bonds is 9. The molecule has 1 aromatic heterocycles. The van der Waals surface area contributed by atoms with Crippen LogP contribution < -0.4 is 16.6 Å². The summed E-state index contributed by atoms with van der Waals surface area (Å²) in [5, 5.41) is 23.2. The topological polar surface area (TPSA) is 138 Å². The van der Waals surface area contributed by atoms with Gasteiger partial charge in [-0.25, -0.2) is 4.79 Å². The predicted molar refractivity (Wildman–Crippen MR) is 137 cm³/mol. The van der Waals surface area contributed by atoms with E-state index in [2.05, 4.69) is 10.2 Å². The predicted octanol–water partition coefficient (Wildman–Crippen LogP) is 2.77. The van der Waals surface area contributed by atoms with Crippen LogP contribution in [0.5, 0.6) is 0 Å². The maximum atomic E-state index is 13.4. The average molecular weight is 491 g/mol. The lowest BCUT2D eigenvalue weighted by Gasteiger charge is -2.27. The van der Waals surface area contributed by atoms with Gasteiger partial charge in [0.05, 0.1) is 17.5 Å². The molecule has 0 radical (unpaired) electrons. The van der Waals surface area contributed by atoms with Crippen molar-refractivity contribution < 1.29 is 19.8 Å². The number of carbonyl (C=O) groups is 2. The van der Waals surface area contributed by atoms with Crippen LogP contribution in [0.2, 0.25) is 0 Å². The van der Waals surface area contributed by atoms with E-state index in [1.165, 1.54) is 29.3 Å². The summed E-state index contributed by atoms with van der Waals surface area (Å²) in [6.45, 7) is 2.35. The maximum Gasteiger partial charge on any atom is 0.343 e. The van der Waals surface area contributed by atoms with Crippen LogP contribution in [0.15, 0.2) is 65.6 Å². The number of aromatic nitrogens is 1. The van der Waals surface area contributed by atoms with Crippen molar-refractivity contribution in [3.05, 3.63) is 93.4 Å². The molecule has 1 saturated heterocycles. The lowest BCUT2D eigenvalue weighted by molar-refractivity contribution is 0.0695. The number of piperidine rings is 1. The van der Waals surface area contributed by atoms with E-state index in [0.717, 1.165) is 25.9 Å². The summed E-state index contributed by atoms with van der Waals surface area (Å²) in [4.78, 5) is 39.5. The lowest BCUT2D eigenvalue weighted by atomic mass is 10.0. The van der Waals surface area contributed by atoms with Gasteiger partial charge in [-0.2, -0.15) is 0 Å². The van der Waals surface area contributed by atoms with Crippen molar-refractivity contribution in [2.45, 2.75) is 31.9 Å². The molecule has 5 N–H and O–H groups in total. The molecule has 3 aromatic rings. The zero-order valence-electron chi connectivity index (χ0n) is 19.9. The molecule has 2 aromatic carbocycles. The highest BCUT2D eigenvalue weighted by atomic mass is 16.4. The number of nitrogens with two attached hydrogens (primary N) is 1.